The van der Waals surface area contributed by atoms with E-state index in [1.54, 1.807) is 0 Å². The van der Waals surface area contributed by atoms with E-state index >= 15 is 0 Å². The molecule has 1 unspecified atom stereocenters. The standard InChI is InChI=1S/C12H13ClN2O/c13-9-6-2-5-8-10(7-3-1-4-7)14-12(16)15-11(8)9/h2,5-7,10H,1,3-4H2,(H2,14,15,16). The maximum absolute atomic E-state index is 11.6. The number of fused-ring (bicyclic) bond motifs is 1. The molecule has 84 valence electrons. The Morgan fingerprint density at radius 1 is 1.31 bits per heavy atom. The average Bonchev–Trinajstić information content (AvgIpc) is 2.17. The SMILES string of the molecule is O=C1Nc2c(Cl)cccc2C(C2CCC2)N1. The molecular formula is C12H13ClN2O. The molecule has 1 aliphatic heterocycles. The van der Waals surface area contributed by atoms with Crippen molar-refractivity contribution in [3.8, 4) is 0 Å². The van der Waals surface area contributed by atoms with Crippen LogP contribution in [0.25, 0.3) is 0 Å². The van der Waals surface area contributed by atoms with Gasteiger partial charge in [-0.3, -0.25) is 0 Å². The number of carbonyl (C=O) groups is 1. The first-order valence-corrected chi connectivity index (χ1v) is 5.99. The number of anilines is 1. The molecular weight excluding hydrogens is 224 g/mol. The molecule has 1 saturated carbocycles. The van der Waals surface area contributed by atoms with Crippen LogP contribution in [0.4, 0.5) is 10.5 Å². The fraction of sp³-hybridized carbons (Fsp3) is 0.417. The number of hydrogen-bond acceptors (Lipinski definition) is 1. The Labute approximate surface area is 99.2 Å². The van der Waals surface area contributed by atoms with Crippen LogP contribution in [0.15, 0.2) is 18.2 Å². The van der Waals surface area contributed by atoms with Crippen molar-refractivity contribution in [1.29, 1.82) is 0 Å². The highest BCUT2D eigenvalue weighted by Crippen LogP contribution is 2.43. The maximum atomic E-state index is 11.6. The molecule has 2 aliphatic rings. The Hall–Kier alpha value is -1.22. The van der Waals surface area contributed by atoms with Crippen molar-refractivity contribution in [2.24, 2.45) is 5.92 Å². The van der Waals surface area contributed by atoms with Gasteiger partial charge in [-0.25, -0.2) is 4.79 Å². The van der Waals surface area contributed by atoms with Crippen LogP contribution in [0.3, 0.4) is 0 Å². The van der Waals surface area contributed by atoms with Crippen LogP contribution in [0.1, 0.15) is 30.9 Å². The number of amides is 2. The first kappa shape index (κ1) is 9.97. The van der Waals surface area contributed by atoms with E-state index in [1.165, 1.54) is 19.3 Å². The third kappa shape index (κ3) is 1.47. The number of benzene rings is 1. The van der Waals surface area contributed by atoms with Crippen LogP contribution < -0.4 is 10.6 Å². The highest BCUT2D eigenvalue weighted by molar-refractivity contribution is 6.34. The molecule has 3 rings (SSSR count). The van der Waals surface area contributed by atoms with Crippen molar-refractivity contribution in [3.63, 3.8) is 0 Å². The third-order valence-corrected chi connectivity index (χ3v) is 3.84. The minimum absolute atomic E-state index is 0.135. The van der Waals surface area contributed by atoms with E-state index in [0.717, 1.165) is 11.3 Å². The van der Waals surface area contributed by atoms with Gasteiger partial charge in [-0.05, 0) is 30.4 Å². The molecule has 0 saturated heterocycles. The third-order valence-electron chi connectivity index (χ3n) is 3.53. The van der Waals surface area contributed by atoms with Crippen molar-refractivity contribution < 1.29 is 4.79 Å². The van der Waals surface area contributed by atoms with Gasteiger partial charge in [0.15, 0.2) is 0 Å². The fourth-order valence-electron chi connectivity index (χ4n) is 2.45. The van der Waals surface area contributed by atoms with Gasteiger partial charge in [0.1, 0.15) is 0 Å². The minimum atomic E-state index is -0.141. The number of urea groups is 1. The van der Waals surface area contributed by atoms with Gasteiger partial charge in [-0.2, -0.15) is 0 Å². The molecule has 0 aromatic heterocycles. The second-order valence-corrected chi connectivity index (χ2v) is 4.88. The first-order chi connectivity index (χ1) is 7.75. The van der Waals surface area contributed by atoms with E-state index in [-0.39, 0.29) is 12.1 Å². The van der Waals surface area contributed by atoms with Gasteiger partial charge in [0.2, 0.25) is 0 Å². The monoisotopic (exact) mass is 236 g/mol. The molecule has 4 heteroatoms. The lowest BCUT2D eigenvalue weighted by molar-refractivity contribution is 0.213. The van der Waals surface area contributed by atoms with Gasteiger partial charge in [-0.15, -0.1) is 0 Å². The second-order valence-electron chi connectivity index (χ2n) is 4.47. The van der Waals surface area contributed by atoms with Gasteiger partial charge in [-0.1, -0.05) is 30.2 Å². The molecule has 2 amide bonds. The van der Waals surface area contributed by atoms with E-state index < -0.39 is 0 Å². The lowest BCUT2D eigenvalue weighted by Gasteiger charge is -2.38. The number of para-hydroxylation sites is 1. The van der Waals surface area contributed by atoms with E-state index in [1.807, 2.05) is 18.2 Å². The van der Waals surface area contributed by atoms with E-state index in [2.05, 4.69) is 10.6 Å². The topological polar surface area (TPSA) is 41.1 Å². The van der Waals surface area contributed by atoms with Gasteiger partial charge in [0.05, 0.1) is 16.8 Å². The molecule has 3 nitrogen and oxygen atoms in total. The van der Waals surface area contributed by atoms with Crippen molar-refractivity contribution in [1.82, 2.24) is 5.32 Å². The summed E-state index contributed by atoms with van der Waals surface area (Å²) in [5.74, 6) is 0.572. The molecule has 16 heavy (non-hydrogen) atoms. The number of halogens is 1. The van der Waals surface area contributed by atoms with Crippen LogP contribution >= 0.6 is 11.6 Å². The van der Waals surface area contributed by atoms with E-state index in [0.29, 0.717) is 10.9 Å². The molecule has 1 aromatic carbocycles. The van der Waals surface area contributed by atoms with Gasteiger partial charge >= 0.3 is 6.03 Å². The summed E-state index contributed by atoms with van der Waals surface area (Å²) in [5, 5.41) is 6.39. The summed E-state index contributed by atoms with van der Waals surface area (Å²) in [6, 6.07) is 5.78. The number of nitrogens with one attached hydrogen (secondary N) is 2. The van der Waals surface area contributed by atoms with Crippen molar-refractivity contribution in [3.05, 3.63) is 28.8 Å². The summed E-state index contributed by atoms with van der Waals surface area (Å²) in [6.07, 6.45) is 3.65. The molecule has 1 fully saturated rings. The lowest BCUT2D eigenvalue weighted by atomic mass is 9.76. The summed E-state index contributed by atoms with van der Waals surface area (Å²) < 4.78 is 0. The second kappa shape index (κ2) is 3.67. The van der Waals surface area contributed by atoms with Crippen LogP contribution in [0, 0.1) is 5.92 Å². The summed E-state index contributed by atoms with van der Waals surface area (Å²) in [5.41, 5.74) is 1.90. The van der Waals surface area contributed by atoms with Crippen molar-refractivity contribution >= 4 is 23.3 Å². The Morgan fingerprint density at radius 3 is 2.81 bits per heavy atom. The molecule has 0 radical (unpaired) electrons. The van der Waals surface area contributed by atoms with E-state index in [4.69, 9.17) is 11.6 Å². The summed E-state index contributed by atoms with van der Waals surface area (Å²) in [7, 11) is 0. The Bertz CT molecular complexity index is 443. The Kier molecular flexibility index (Phi) is 2.28. The van der Waals surface area contributed by atoms with Gasteiger partial charge in [0, 0.05) is 0 Å². The Balaban J connectivity index is 2.03. The van der Waals surface area contributed by atoms with Crippen LogP contribution in [0.2, 0.25) is 5.02 Å². The van der Waals surface area contributed by atoms with E-state index in [9.17, 15) is 4.79 Å². The molecule has 1 aromatic rings. The number of carbonyl (C=O) groups excluding carboxylic acids is 1. The molecule has 0 spiro atoms. The fourth-order valence-corrected chi connectivity index (χ4v) is 2.67. The number of rotatable bonds is 1. The van der Waals surface area contributed by atoms with Crippen molar-refractivity contribution in [2.75, 3.05) is 5.32 Å². The predicted molar refractivity (Wildman–Crippen MR) is 63.7 cm³/mol. The average molecular weight is 237 g/mol. The lowest BCUT2D eigenvalue weighted by Crippen LogP contribution is -2.42. The molecule has 1 heterocycles. The molecule has 2 N–H and O–H groups in total. The first-order valence-electron chi connectivity index (χ1n) is 5.61. The molecule has 0 bridgehead atoms. The summed E-state index contributed by atoms with van der Waals surface area (Å²) in [6.45, 7) is 0. The molecule has 1 atom stereocenters. The normalized spacial score (nSPS) is 24.1. The van der Waals surface area contributed by atoms with Crippen LogP contribution in [-0.4, -0.2) is 6.03 Å². The highest BCUT2D eigenvalue weighted by Gasteiger charge is 2.34. The van der Waals surface area contributed by atoms with Crippen LogP contribution in [-0.2, 0) is 0 Å². The zero-order valence-corrected chi connectivity index (χ0v) is 9.55. The molecule has 1 aliphatic carbocycles. The zero-order valence-electron chi connectivity index (χ0n) is 8.79. The van der Waals surface area contributed by atoms with Gasteiger partial charge < -0.3 is 10.6 Å². The minimum Gasteiger partial charge on any atom is -0.331 e. The summed E-state index contributed by atoms with van der Waals surface area (Å²) in [4.78, 5) is 11.6. The van der Waals surface area contributed by atoms with Crippen LogP contribution in [0.5, 0.6) is 0 Å². The van der Waals surface area contributed by atoms with Crippen molar-refractivity contribution in [2.45, 2.75) is 25.3 Å². The largest absolute Gasteiger partial charge is 0.331 e. The summed E-state index contributed by atoms with van der Waals surface area (Å²) >= 11 is 6.10. The predicted octanol–water partition coefficient (Wildman–Crippen LogP) is 3.32. The highest BCUT2D eigenvalue weighted by atomic mass is 35.5. The van der Waals surface area contributed by atoms with Gasteiger partial charge in [0.25, 0.3) is 0 Å². The maximum Gasteiger partial charge on any atom is 0.319 e. The number of hydrogen-bond donors (Lipinski definition) is 2. The quantitative estimate of drug-likeness (QED) is 0.772. The smallest absolute Gasteiger partial charge is 0.319 e. The Morgan fingerprint density at radius 2 is 2.12 bits per heavy atom. The zero-order chi connectivity index (χ0) is 11.1.